The van der Waals surface area contributed by atoms with Crippen LogP contribution in [0.4, 0.5) is 5.69 Å². The van der Waals surface area contributed by atoms with Crippen LogP contribution in [0.2, 0.25) is 0 Å². The van der Waals surface area contributed by atoms with Crippen molar-refractivity contribution in [2.45, 2.75) is 32.7 Å². The van der Waals surface area contributed by atoms with Crippen molar-refractivity contribution in [1.29, 1.82) is 0 Å². The lowest BCUT2D eigenvalue weighted by molar-refractivity contribution is -0.120. The number of hydrogen-bond acceptors (Lipinski definition) is 6. The predicted octanol–water partition coefficient (Wildman–Crippen LogP) is 5.05. The lowest BCUT2D eigenvalue weighted by Gasteiger charge is -2.26. The molecule has 1 unspecified atom stereocenters. The predicted molar refractivity (Wildman–Crippen MR) is 138 cm³/mol. The van der Waals surface area contributed by atoms with Crippen LogP contribution in [0.5, 0.6) is 5.75 Å². The molecule has 2 aromatic carbocycles. The normalized spacial score (nSPS) is 14.2. The number of thiophene rings is 1. The van der Waals surface area contributed by atoms with E-state index in [1.165, 1.54) is 32.7 Å². The Bertz CT molecular complexity index is 1520. The highest BCUT2D eigenvalue weighted by atomic mass is 32.1. The van der Waals surface area contributed by atoms with Crippen LogP contribution in [0.25, 0.3) is 21.3 Å². The van der Waals surface area contributed by atoms with Gasteiger partial charge in [0, 0.05) is 23.6 Å². The molecule has 0 bridgehead atoms. The molecule has 8 heteroatoms. The summed E-state index contributed by atoms with van der Waals surface area (Å²) in [5.41, 5.74) is 3.66. The molecule has 3 heterocycles. The number of Topliss-reactive ketones (excluding diaryl/α,β-unsaturated/α-hetero) is 1. The largest absolute Gasteiger partial charge is 0.482 e. The Balaban J connectivity index is 1.52. The zero-order valence-corrected chi connectivity index (χ0v) is 20.8. The second-order valence-electron chi connectivity index (χ2n) is 9.03. The van der Waals surface area contributed by atoms with Crippen molar-refractivity contribution >= 4 is 38.9 Å². The number of ketones is 1. The summed E-state index contributed by atoms with van der Waals surface area (Å²) in [5, 5.41) is 2.45. The molecule has 1 atom stereocenters. The molecule has 4 aromatic rings. The zero-order chi connectivity index (χ0) is 24.9. The summed E-state index contributed by atoms with van der Waals surface area (Å²) in [6.45, 7) is 5.94. The summed E-state index contributed by atoms with van der Waals surface area (Å²) in [6.07, 6.45) is 1.44. The van der Waals surface area contributed by atoms with Gasteiger partial charge in [-0.1, -0.05) is 38.1 Å². The van der Waals surface area contributed by atoms with E-state index in [9.17, 15) is 14.4 Å². The van der Waals surface area contributed by atoms with Crippen molar-refractivity contribution in [2.24, 2.45) is 0 Å². The molecular weight excluding hydrogens is 462 g/mol. The van der Waals surface area contributed by atoms with E-state index >= 15 is 0 Å². The number of hydrogen-bond donors (Lipinski definition) is 0. The third-order valence-corrected chi connectivity index (χ3v) is 7.42. The second-order valence-corrected chi connectivity index (χ2v) is 9.89. The molecule has 1 aliphatic heterocycles. The van der Waals surface area contributed by atoms with Crippen molar-refractivity contribution in [2.75, 3.05) is 18.6 Å². The summed E-state index contributed by atoms with van der Waals surface area (Å²) >= 11 is 1.41. The van der Waals surface area contributed by atoms with E-state index in [1.54, 1.807) is 32.2 Å². The molecule has 0 spiro atoms. The van der Waals surface area contributed by atoms with Crippen LogP contribution in [0, 0.1) is 0 Å². The Labute approximate surface area is 206 Å². The summed E-state index contributed by atoms with van der Waals surface area (Å²) < 4.78 is 6.84. The molecule has 35 heavy (non-hydrogen) atoms. The molecule has 1 aliphatic rings. The first-order valence-corrected chi connectivity index (χ1v) is 12.3. The van der Waals surface area contributed by atoms with Gasteiger partial charge in [0.1, 0.15) is 10.6 Å². The third kappa shape index (κ3) is 3.93. The average molecular weight is 488 g/mol. The molecule has 5 rings (SSSR count). The van der Waals surface area contributed by atoms with Gasteiger partial charge in [0.15, 0.2) is 12.4 Å². The van der Waals surface area contributed by atoms with E-state index in [4.69, 9.17) is 4.74 Å². The van der Waals surface area contributed by atoms with Crippen LogP contribution in [0.3, 0.4) is 0 Å². The molecule has 7 nitrogen and oxygen atoms in total. The SMILES string of the molecule is CC(C)c1ccc(-c2csc3ncn(C(C)C(=O)c4ccc5c(c4)N(C)C(=O)CO5)c(=O)c23)cc1. The number of benzene rings is 2. The molecule has 0 N–H and O–H groups in total. The van der Waals surface area contributed by atoms with Crippen molar-refractivity contribution in [1.82, 2.24) is 9.55 Å². The molecule has 0 radical (unpaired) electrons. The zero-order valence-electron chi connectivity index (χ0n) is 19.9. The maximum Gasteiger partial charge on any atom is 0.264 e. The highest BCUT2D eigenvalue weighted by Crippen LogP contribution is 2.34. The van der Waals surface area contributed by atoms with E-state index in [1.807, 2.05) is 17.5 Å². The van der Waals surface area contributed by atoms with E-state index in [2.05, 4.69) is 31.0 Å². The number of aromatic nitrogens is 2. The number of rotatable bonds is 5. The van der Waals surface area contributed by atoms with Gasteiger partial charge in [-0.25, -0.2) is 4.98 Å². The van der Waals surface area contributed by atoms with Gasteiger partial charge in [-0.3, -0.25) is 19.0 Å². The molecule has 1 amide bonds. The highest BCUT2D eigenvalue weighted by molar-refractivity contribution is 7.17. The first-order valence-electron chi connectivity index (χ1n) is 11.4. The number of nitrogens with zero attached hydrogens (tertiary/aromatic N) is 3. The van der Waals surface area contributed by atoms with Gasteiger partial charge in [0.05, 0.1) is 23.4 Å². The monoisotopic (exact) mass is 487 g/mol. The minimum atomic E-state index is -0.779. The summed E-state index contributed by atoms with van der Waals surface area (Å²) in [5.74, 6) is 0.526. The minimum absolute atomic E-state index is 0.0303. The maximum atomic E-state index is 13.6. The van der Waals surface area contributed by atoms with Crippen LogP contribution in [0.15, 0.2) is 59.0 Å². The minimum Gasteiger partial charge on any atom is -0.482 e. The Morgan fingerprint density at radius 3 is 2.54 bits per heavy atom. The van der Waals surface area contributed by atoms with Crippen LogP contribution >= 0.6 is 11.3 Å². The van der Waals surface area contributed by atoms with Gasteiger partial charge in [-0.05, 0) is 42.2 Å². The topological polar surface area (TPSA) is 81.5 Å². The number of anilines is 1. The fraction of sp³-hybridized carbons (Fsp3) is 0.259. The number of carbonyl (C=O) groups is 2. The molecule has 0 saturated heterocycles. The van der Waals surface area contributed by atoms with Gasteiger partial charge in [0.25, 0.3) is 11.5 Å². The summed E-state index contributed by atoms with van der Waals surface area (Å²) in [4.78, 5) is 45.5. The van der Waals surface area contributed by atoms with E-state index in [-0.39, 0.29) is 23.9 Å². The van der Waals surface area contributed by atoms with Crippen LogP contribution in [-0.4, -0.2) is 34.9 Å². The van der Waals surface area contributed by atoms with Gasteiger partial charge in [0.2, 0.25) is 0 Å². The summed E-state index contributed by atoms with van der Waals surface area (Å²) in [7, 11) is 1.65. The van der Waals surface area contributed by atoms with E-state index in [0.29, 0.717) is 33.1 Å². The van der Waals surface area contributed by atoms with Crippen LogP contribution in [-0.2, 0) is 4.79 Å². The lowest BCUT2D eigenvalue weighted by atomic mass is 9.99. The summed E-state index contributed by atoms with van der Waals surface area (Å²) in [6, 6.07) is 12.4. The molecule has 2 aromatic heterocycles. The standard InChI is InChI=1S/C27H25N3O4S/c1-15(2)17-5-7-18(8-6-17)20-13-35-26-24(20)27(33)30(14-28-26)16(3)25(32)19-9-10-22-21(11-19)29(4)23(31)12-34-22/h5-11,13-16H,12H2,1-4H3. The maximum absolute atomic E-state index is 13.6. The average Bonchev–Trinajstić information content (AvgIpc) is 3.31. The van der Waals surface area contributed by atoms with E-state index < -0.39 is 6.04 Å². The van der Waals surface area contributed by atoms with Crippen molar-refractivity contribution in [3.63, 3.8) is 0 Å². The smallest absolute Gasteiger partial charge is 0.264 e. The Hall–Kier alpha value is -3.78. The van der Waals surface area contributed by atoms with Gasteiger partial charge in [-0.15, -0.1) is 11.3 Å². The fourth-order valence-electron chi connectivity index (χ4n) is 4.27. The number of likely N-dealkylation sites (N-methyl/N-ethyl adjacent to an activating group) is 1. The van der Waals surface area contributed by atoms with E-state index in [0.717, 1.165) is 11.1 Å². The van der Waals surface area contributed by atoms with Crippen molar-refractivity contribution in [3.8, 4) is 16.9 Å². The van der Waals surface area contributed by atoms with Crippen molar-refractivity contribution < 1.29 is 14.3 Å². The number of carbonyl (C=O) groups excluding carboxylic acids is 2. The number of ether oxygens (including phenoxy) is 1. The molecule has 0 fully saturated rings. The van der Waals surface area contributed by atoms with Gasteiger partial charge in [-0.2, -0.15) is 0 Å². The van der Waals surface area contributed by atoms with Gasteiger partial charge < -0.3 is 9.64 Å². The second kappa shape index (κ2) is 8.78. The number of fused-ring (bicyclic) bond motifs is 2. The number of amides is 1. The Morgan fingerprint density at radius 1 is 1.09 bits per heavy atom. The Kier molecular flexibility index (Phi) is 5.76. The highest BCUT2D eigenvalue weighted by Gasteiger charge is 2.26. The first-order chi connectivity index (χ1) is 16.8. The Morgan fingerprint density at radius 2 is 1.83 bits per heavy atom. The quantitative estimate of drug-likeness (QED) is 0.368. The van der Waals surface area contributed by atoms with Crippen molar-refractivity contribution in [3.05, 3.63) is 75.7 Å². The molecular formula is C27H25N3O4S. The van der Waals surface area contributed by atoms with Crippen LogP contribution in [0.1, 0.15) is 48.7 Å². The lowest BCUT2D eigenvalue weighted by Crippen LogP contribution is -2.35. The molecule has 178 valence electrons. The molecule has 0 aliphatic carbocycles. The first kappa shape index (κ1) is 23.0. The molecule has 0 saturated carbocycles. The van der Waals surface area contributed by atoms with Crippen LogP contribution < -0.4 is 15.2 Å². The van der Waals surface area contributed by atoms with Gasteiger partial charge >= 0.3 is 0 Å². The fourth-order valence-corrected chi connectivity index (χ4v) is 5.18. The third-order valence-electron chi connectivity index (χ3n) is 6.53.